The number of unbranched alkanes of at least 4 members (excludes halogenated alkanes) is 3. The molecule has 0 fully saturated rings. The molecule has 0 saturated carbocycles. The monoisotopic (exact) mass is 265 g/mol. The van der Waals surface area contributed by atoms with Crippen LogP contribution in [0.3, 0.4) is 0 Å². The number of rotatable bonds is 10. The zero-order valence-electron chi connectivity index (χ0n) is 12.2. The predicted molar refractivity (Wildman–Crippen MR) is 79.7 cm³/mol. The number of hydrogen-bond donors (Lipinski definition) is 2. The van der Waals surface area contributed by atoms with Crippen LogP contribution >= 0.6 is 0 Å². The van der Waals surface area contributed by atoms with Crippen molar-refractivity contribution in [1.29, 1.82) is 0 Å². The molecule has 0 bridgehead atoms. The first kappa shape index (κ1) is 16.0. The Morgan fingerprint density at radius 3 is 2.74 bits per heavy atom. The summed E-state index contributed by atoms with van der Waals surface area (Å²) in [6, 6.07) is 7.87. The van der Waals surface area contributed by atoms with E-state index in [0.717, 1.165) is 17.9 Å². The number of aliphatic hydroxyl groups is 1. The van der Waals surface area contributed by atoms with E-state index in [1.807, 2.05) is 31.2 Å². The first-order chi connectivity index (χ1) is 9.24. The number of ether oxygens (including phenoxy) is 1. The van der Waals surface area contributed by atoms with Crippen molar-refractivity contribution in [2.75, 3.05) is 19.7 Å². The molecule has 1 aromatic rings. The summed E-state index contributed by atoms with van der Waals surface area (Å²) in [6.07, 6.45) is 4.54. The summed E-state index contributed by atoms with van der Waals surface area (Å²) in [6.45, 7) is 6.13. The van der Waals surface area contributed by atoms with Crippen LogP contribution in [0.15, 0.2) is 24.3 Å². The van der Waals surface area contributed by atoms with E-state index in [9.17, 15) is 5.11 Å². The first-order valence-electron chi connectivity index (χ1n) is 7.31. The van der Waals surface area contributed by atoms with E-state index in [4.69, 9.17) is 4.74 Å². The molecular weight excluding hydrogens is 238 g/mol. The summed E-state index contributed by atoms with van der Waals surface area (Å²) in [5.74, 6) is 0.851. The third-order valence-corrected chi connectivity index (χ3v) is 3.11. The van der Waals surface area contributed by atoms with Gasteiger partial charge in [-0.3, -0.25) is 0 Å². The summed E-state index contributed by atoms with van der Waals surface area (Å²) in [7, 11) is 0. The molecule has 108 valence electrons. The minimum Gasteiger partial charge on any atom is -0.491 e. The van der Waals surface area contributed by atoms with Crippen molar-refractivity contribution in [3.63, 3.8) is 0 Å². The second-order valence-electron chi connectivity index (χ2n) is 5.00. The summed E-state index contributed by atoms with van der Waals surface area (Å²) in [5.41, 5.74) is 1.10. The fourth-order valence-corrected chi connectivity index (χ4v) is 1.91. The normalized spacial score (nSPS) is 12.4. The van der Waals surface area contributed by atoms with Gasteiger partial charge in [-0.05, 0) is 31.5 Å². The zero-order valence-corrected chi connectivity index (χ0v) is 12.2. The molecule has 1 aromatic carbocycles. The molecule has 0 aliphatic heterocycles. The predicted octanol–water partition coefficient (Wildman–Crippen LogP) is 2.90. The maximum absolute atomic E-state index is 9.82. The molecule has 0 unspecified atom stereocenters. The zero-order chi connectivity index (χ0) is 13.9. The third-order valence-electron chi connectivity index (χ3n) is 3.11. The molecule has 1 rings (SSSR count). The molecule has 0 aliphatic carbocycles. The van der Waals surface area contributed by atoms with E-state index < -0.39 is 6.10 Å². The Kier molecular flexibility index (Phi) is 8.26. The number of aryl methyl sites for hydroxylation is 1. The van der Waals surface area contributed by atoms with Gasteiger partial charge in [0.1, 0.15) is 18.5 Å². The molecule has 0 radical (unpaired) electrons. The van der Waals surface area contributed by atoms with Crippen molar-refractivity contribution >= 4 is 0 Å². The van der Waals surface area contributed by atoms with E-state index >= 15 is 0 Å². The smallest absolute Gasteiger partial charge is 0.122 e. The van der Waals surface area contributed by atoms with Crippen LogP contribution in [0.25, 0.3) is 0 Å². The fourth-order valence-electron chi connectivity index (χ4n) is 1.91. The van der Waals surface area contributed by atoms with Gasteiger partial charge in [0.25, 0.3) is 0 Å². The highest BCUT2D eigenvalue weighted by molar-refractivity contribution is 5.31. The van der Waals surface area contributed by atoms with Crippen LogP contribution in [-0.4, -0.2) is 30.9 Å². The van der Waals surface area contributed by atoms with Crippen molar-refractivity contribution in [2.24, 2.45) is 0 Å². The van der Waals surface area contributed by atoms with Gasteiger partial charge >= 0.3 is 0 Å². The molecule has 0 aliphatic rings. The van der Waals surface area contributed by atoms with E-state index in [2.05, 4.69) is 12.2 Å². The number of para-hydroxylation sites is 1. The minimum absolute atomic E-state index is 0.340. The molecule has 3 heteroatoms. The van der Waals surface area contributed by atoms with Gasteiger partial charge in [0.2, 0.25) is 0 Å². The standard InChI is InChI=1S/C16H27NO2/c1-3-4-5-8-11-17-12-15(18)13-19-16-10-7-6-9-14(16)2/h6-7,9-10,15,17-18H,3-5,8,11-13H2,1-2H3/t15-/m1/s1. The molecule has 0 saturated heterocycles. The van der Waals surface area contributed by atoms with E-state index in [1.54, 1.807) is 0 Å². The highest BCUT2D eigenvalue weighted by Gasteiger charge is 2.05. The van der Waals surface area contributed by atoms with E-state index in [0.29, 0.717) is 13.2 Å². The lowest BCUT2D eigenvalue weighted by Gasteiger charge is -2.14. The Morgan fingerprint density at radius 1 is 1.21 bits per heavy atom. The van der Waals surface area contributed by atoms with Gasteiger partial charge in [-0.1, -0.05) is 44.4 Å². The molecule has 0 amide bonds. The lowest BCUT2D eigenvalue weighted by atomic mass is 10.2. The molecule has 0 spiro atoms. The van der Waals surface area contributed by atoms with Crippen molar-refractivity contribution in [3.05, 3.63) is 29.8 Å². The highest BCUT2D eigenvalue weighted by atomic mass is 16.5. The molecule has 1 atom stereocenters. The molecule has 0 heterocycles. The Bertz CT molecular complexity index is 341. The average Bonchev–Trinajstić information content (AvgIpc) is 2.42. The van der Waals surface area contributed by atoms with Crippen LogP contribution in [0, 0.1) is 6.92 Å². The van der Waals surface area contributed by atoms with E-state index in [1.165, 1.54) is 25.7 Å². The van der Waals surface area contributed by atoms with Crippen LogP contribution in [0.5, 0.6) is 5.75 Å². The second kappa shape index (κ2) is 9.82. The van der Waals surface area contributed by atoms with Crippen LogP contribution < -0.4 is 10.1 Å². The van der Waals surface area contributed by atoms with Crippen molar-refractivity contribution < 1.29 is 9.84 Å². The van der Waals surface area contributed by atoms with Gasteiger partial charge in [-0.25, -0.2) is 0 Å². The number of hydrogen-bond acceptors (Lipinski definition) is 3. The van der Waals surface area contributed by atoms with Gasteiger partial charge in [-0.2, -0.15) is 0 Å². The van der Waals surface area contributed by atoms with Crippen LogP contribution in [0.1, 0.15) is 38.2 Å². The summed E-state index contributed by atoms with van der Waals surface area (Å²) < 4.78 is 5.60. The number of aliphatic hydroxyl groups excluding tert-OH is 1. The lowest BCUT2D eigenvalue weighted by Crippen LogP contribution is -2.32. The van der Waals surface area contributed by atoms with Gasteiger partial charge in [0, 0.05) is 6.54 Å². The SMILES string of the molecule is CCCCCCNC[C@@H](O)COc1ccccc1C. The third kappa shape index (κ3) is 7.19. The molecule has 3 nitrogen and oxygen atoms in total. The quantitative estimate of drug-likeness (QED) is 0.639. The molecule has 19 heavy (non-hydrogen) atoms. The minimum atomic E-state index is -0.453. The van der Waals surface area contributed by atoms with Gasteiger partial charge in [-0.15, -0.1) is 0 Å². The highest BCUT2D eigenvalue weighted by Crippen LogP contribution is 2.16. The fraction of sp³-hybridized carbons (Fsp3) is 0.625. The summed E-state index contributed by atoms with van der Waals surface area (Å²) in [5, 5.41) is 13.1. The van der Waals surface area contributed by atoms with Crippen molar-refractivity contribution in [3.8, 4) is 5.75 Å². The Hall–Kier alpha value is -1.06. The lowest BCUT2D eigenvalue weighted by molar-refractivity contribution is 0.106. The Balaban J connectivity index is 2.08. The largest absolute Gasteiger partial charge is 0.491 e. The van der Waals surface area contributed by atoms with Gasteiger partial charge < -0.3 is 15.2 Å². The van der Waals surface area contributed by atoms with E-state index in [-0.39, 0.29) is 0 Å². The first-order valence-corrected chi connectivity index (χ1v) is 7.31. The number of benzene rings is 1. The summed E-state index contributed by atoms with van der Waals surface area (Å²) >= 11 is 0. The van der Waals surface area contributed by atoms with Crippen molar-refractivity contribution in [2.45, 2.75) is 45.6 Å². The topological polar surface area (TPSA) is 41.5 Å². The Labute approximate surface area is 117 Å². The van der Waals surface area contributed by atoms with Crippen LogP contribution in [0.4, 0.5) is 0 Å². The second-order valence-corrected chi connectivity index (χ2v) is 5.00. The number of nitrogens with one attached hydrogen (secondary N) is 1. The summed E-state index contributed by atoms with van der Waals surface area (Å²) in [4.78, 5) is 0. The maximum Gasteiger partial charge on any atom is 0.122 e. The van der Waals surface area contributed by atoms with Gasteiger partial charge in [0.15, 0.2) is 0 Å². The van der Waals surface area contributed by atoms with Crippen molar-refractivity contribution in [1.82, 2.24) is 5.32 Å². The van der Waals surface area contributed by atoms with Gasteiger partial charge in [0.05, 0.1) is 0 Å². The Morgan fingerprint density at radius 2 is 2.00 bits per heavy atom. The molecular formula is C16H27NO2. The van der Waals surface area contributed by atoms with Crippen LogP contribution in [0.2, 0.25) is 0 Å². The maximum atomic E-state index is 9.82. The van der Waals surface area contributed by atoms with Crippen LogP contribution in [-0.2, 0) is 0 Å². The molecule has 2 N–H and O–H groups in total. The molecule has 0 aromatic heterocycles. The average molecular weight is 265 g/mol.